The van der Waals surface area contributed by atoms with Crippen molar-refractivity contribution in [3.63, 3.8) is 0 Å². The summed E-state index contributed by atoms with van der Waals surface area (Å²) in [7, 11) is 0. The largest absolute Gasteiger partial charge is 0.507 e. The molecule has 0 saturated carbocycles. The molecule has 0 fully saturated rings. The predicted molar refractivity (Wildman–Crippen MR) is 82.9 cm³/mol. The fourth-order valence-electron chi connectivity index (χ4n) is 1.28. The highest BCUT2D eigenvalue weighted by molar-refractivity contribution is 9.11. The van der Waals surface area contributed by atoms with E-state index in [1.54, 1.807) is 18.2 Å². The quantitative estimate of drug-likeness (QED) is 0.605. The third-order valence-electron chi connectivity index (χ3n) is 2.18. The van der Waals surface area contributed by atoms with Gasteiger partial charge in [0.15, 0.2) is 0 Å². The van der Waals surface area contributed by atoms with E-state index in [1.165, 1.54) is 23.6 Å². The first-order valence-electron chi connectivity index (χ1n) is 5.13. The van der Waals surface area contributed by atoms with Gasteiger partial charge in [-0.15, -0.1) is 11.3 Å². The van der Waals surface area contributed by atoms with Crippen molar-refractivity contribution in [3.8, 4) is 5.75 Å². The van der Waals surface area contributed by atoms with Crippen LogP contribution in [0.1, 0.15) is 15.2 Å². The Morgan fingerprint density at radius 2 is 2.16 bits per heavy atom. The number of carbonyl (C=O) groups is 1. The van der Waals surface area contributed by atoms with E-state index in [0.717, 1.165) is 4.47 Å². The van der Waals surface area contributed by atoms with Crippen molar-refractivity contribution in [2.75, 3.05) is 0 Å². The van der Waals surface area contributed by atoms with Gasteiger partial charge in [-0.2, -0.15) is 5.10 Å². The number of benzene rings is 1. The molecule has 2 rings (SSSR count). The molecule has 0 aliphatic carbocycles. The second-order valence-electron chi connectivity index (χ2n) is 3.50. The Kier molecular flexibility index (Phi) is 4.73. The molecule has 19 heavy (non-hydrogen) atoms. The van der Waals surface area contributed by atoms with Crippen LogP contribution in [-0.2, 0) is 0 Å². The van der Waals surface area contributed by atoms with E-state index in [9.17, 15) is 9.90 Å². The number of hydrogen-bond donors (Lipinski definition) is 2. The van der Waals surface area contributed by atoms with Gasteiger partial charge in [0.25, 0.3) is 5.91 Å². The first kappa shape index (κ1) is 14.2. The molecule has 98 valence electrons. The number of carbonyl (C=O) groups excluding carboxylic acids is 1. The van der Waals surface area contributed by atoms with Gasteiger partial charge in [0.1, 0.15) is 5.75 Å². The molecule has 4 nitrogen and oxygen atoms in total. The molecule has 7 heteroatoms. The molecule has 1 amide bonds. The lowest BCUT2D eigenvalue weighted by Crippen LogP contribution is -2.16. The number of nitrogens with one attached hydrogen (secondary N) is 1. The van der Waals surface area contributed by atoms with Crippen molar-refractivity contribution in [1.29, 1.82) is 0 Å². The normalized spacial score (nSPS) is 10.8. The summed E-state index contributed by atoms with van der Waals surface area (Å²) in [5.74, 6) is -0.155. The fourth-order valence-corrected chi connectivity index (χ4v) is 2.99. The fraction of sp³-hybridized carbons (Fsp3) is 0. The van der Waals surface area contributed by atoms with Crippen LogP contribution in [0.3, 0.4) is 0 Å². The van der Waals surface area contributed by atoms with Gasteiger partial charge >= 0.3 is 0 Å². The Balaban J connectivity index is 2.07. The summed E-state index contributed by atoms with van der Waals surface area (Å²) in [4.78, 5) is 12.2. The van der Waals surface area contributed by atoms with E-state index in [2.05, 4.69) is 42.4 Å². The Morgan fingerprint density at radius 3 is 2.84 bits per heavy atom. The number of halogens is 2. The summed E-state index contributed by atoms with van der Waals surface area (Å²) in [6, 6.07) is 6.76. The van der Waals surface area contributed by atoms with Crippen LogP contribution in [-0.4, -0.2) is 17.2 Å². The van der Waals surface area contributed by atoms with Crippen LogP contribution in [0.2, 0.25) is 0 Å². The Hall–Kier alpha value is -1.18. The van der Waals surface area contributed by atoms with E-state index in [4.69, 9.17) is 0 Å². The van der Waals surface area contributed by atoms with Gasteiger partial charge in [0.05, 0.1) is 15.6 Å². The number of hydrazone groups is 1. The van der Waals surface area contributed by atoms with Crippen molar-refractivity contribution < 1.29 is 9.90 Å². The van der Waals surface area contributed by atoms with Gasteiger partial charge in [-0.1, -0.05) is 22.0 Å². The summed E-state index contributed by atoms with van der Waals surface area (Å²) in [5, 5.41) is 15.2. The summed E-state index contributed by atoms with van der Waals surface area (Å²) < 4.78 is 1.34. The zero-order chi connectivity index (χ0) is 13.8. The van der Waals surface area contributed by atoms with Gasteiger partial charge in [-0.25, -0.2) is 5.43 Å². The number of thiophene rings is 1. The number of rotatable bonds is 3. The highest BCUT2D eigenvalue weighted by atomic mass is 79.9. The molecule has 0 unspecified atom stereocenters. The van der Waals surface area contributed by atoms with Gasteiger partial charge in [-0.05, 0) is 39.5 Å². The lowest BCUT2D eigenvalue weighted by molar-refractivity contribution is 0.0959. The van der Waals surface area contributed by atoms with Gasteiger partial charge in [0.2, 0.25) is 0 Å². The molecule has 0 aliphatic rings. The zero-order valence-electron chi connectivity index (χ0n) is 9.43. The first-order valence-corrected chi connectivity index (χ1v) is 7.59. The number of phenols is 1. The van der Waals surface area contributed by atoms with E-state index in [-0.39, 0.29) is 11.7 Å². The van der Waals surface area contributed by atoms with E-state index >= 15 is 0 Å². The van der Waals surface area contributed by atoms with Gasteiger partial charge in [-0.3, -0.25) is 4.79 Å². The number of hydrogen-bond acceptors (Lipinski definition) is 4. The number of nitrogens with zero attached hydrogens (tertiary/aromatic N) is 1. The summed E-state index contributed by atoms with van der Waals surface area (Å²) in [6.07, 6.45) is 1.46. The Bertz CT molecular complexity index is 627. The van der Waals surface area contributed by atoms with Crippen molar-refractivity contribution >= 4 is 55.3 Å². The van der Waals surface area contributed by atoms with Crippen LogP contribution >= 0.6 is 43.2 Å². The average Bonchev–Trinajstić information content (AvgIpc) is 2.89. The van der Waals surface area contributed by atoms with Crippen molar-refractivity contribution in [2.45, 2.75) is 0 Å². The maximum absolute atomic E-state index is 11.6. The second-order valence-corrected chi connectivity index (χ2v) is 6.16. The first-order chi connectivity index (χ1) is 9.08. The van der Waals surface area contributed by atoms with Crippen molar-refractivity contribution in [2.24, 2.45) is 5.10 Å². The van der Waals surface area contributed by atoms with E-state index < -0.39 is 0 Å². The molecule has 0 radical (unpaired) electrons. The standard InChI is InChI=1S/C12H8Br2N2O2S/c13-8-5-9(14)10(17)4-7(8)6-15-16-12(18)11-2-1-3-19-11/h1-6,17H,(H,16,18). The van der Waals surface area contributed by atoms with Crippen LogP contribution in [0.4, 0.5) is 0 Å². The Morgan fingerprint density at radius 1 is 1.37 bits per heavy atom. The average molecular weight is 404 g/mol. The van der Waals surface area contributed by atoms with Crippen LogP contribution in [0.5, 0.6) is 5.75 Å². The molecular formula is C12H8Br2N2O2S. The van der Waals surface area contributed by atoms with Gasteiger partial charge in [0, 0.05) is 10.0 Å². The maximum Gasteiger partial charge on any atom is 0.281 e. The third kappa shape index (κ3) is 3.65. The minimum atomic E-state index is -0.260. The Labute approximate surface area is 130 Å². The maximum atomic E-state index is 11.6. The van der Waals surface area contributed by atoms with Crippen molar-refractivity contribution in [1.82, 2.24) is 5.43 Å². The molecule has 0 spiro atoms. The minimum absolute atomic E-state index is 0.106. The van der Waals surface area contributed by atoms with Crippen LogP contribution in [0, 0.1) is 0 Å². The van der Waals surface area contributed by atoms with Crippen LogP contribution in [0.25, 0.3) is 0 Å². The number of aromatic hydroxyl groups is 1. The summed E-state index contributed by atoms with van der Waals surface area (Å²) in [6.45, 7) is 0. The zero-order valence-corrected chi connectivity index (χ0v) is 13.4. The summed E-state index contributed by atoms with van der Waals surface area (Å²) in [5.41, 5.74) is 3.08. The smallest absolute Gasteiger partial charge is 0.281 e. The molecule has 0 bridgehead atoms. The van der Waals surface area contributed by atoms with Gasteiger partial charge < -0.3 is 5.11 Å². The lowest BCUT2D eigenvalue weighted by atomic mass is 10.2. The highest BCUT2D eigenvalue weighted by Crippen LogP contribution is 2.29. The highest BCUT2D eigenvalue weighted by Gasteiger charge is 2.06. The second kappa shape index (κ2) is 6.31. The molecule has 0 aliphatic heterocycles. The topological polar surface area (TPSA) is 61.7 Å². The molecule has 2 aromatic rings. The van der Waals surface area contributed by atoms with Crippen molar-refractivity contribution in [3.05, 3.63) is 49.0 Å². The molecule has 1 aromatic carbocycles. The van der Waals surface area contributed by atoms with Crippen LogP contribution < -0.4 is 5.43 Å². The predicted octanol–water partition coefficient (Wildman–Crippen LogP) is 3.74. The molecule has 0 atom stereocenters. The number of amides is 1. The SMILES string of the molecule is O=C(NN=Cc1cc(O)c(Br)cc1Br)c1cccs1. The molecule has 1 heterocycles. The van der Waals surface area contributed by atoms with E-state index in [1.807, 2.05) is 5.38 Å². The summed E-state index contributed by atoms with van der Waals surface area (Å²) >= 11 is 7.89. The number of phenolic OH excluding ortho intramolecular Hbond substituents is 1. The third-order valence-corrected chi connectivity index (χ3v) is 4.37. The molecule has 1 aromatic heterocycles. The monoisotopic (exact) mass is 402 g/mol. The lowest BCUT2D eigenvalue weighted by Gasteiger charge is -2.02. The molecular weight excluding hydrogens is 396 g/mol. The van der Waals surface area contributed by atoms with E-state index in [0.29, 0.717) is 14.9 Å². The molecule has 0 saturated heterocycles. The minimum Gasteiger partial charge on any atom is -0.507 e. The molecule has 2 N–H and O–H groups in total. The van der Waals surface area contributed by atoms with Crippen LogP contribution in [0.15, 0.2) is 43.7 Å².